The van der Waals surface area contributed by atoms with E-state index in [1.54, 1.807) is 0 Å². The second-order valence-corrected chi connectivity index (χ2v) is 6.68. The van der Waals surface area contributed by atoms with Gasteiger partial charge in [-0.3, -0.25) is 9.89 Å². The number of aromatic nitrogens is 2. The molecule has 5 nitrogen and oxygen atoms in total. The lowest BCUT2D eigenvalue weighted by atomic mass is 9.70. The van der Waals surface area contributed by atoms with Crippen LogP contribution >= 0.6 is 0 Å². The molecule has 1 fully saturated rings. The summed E-state index contributed by atoms with van der Waals surface area (Å²) in [7, 11) is 0. The summed E-state index contributed by atoms with van der Waals surface area (Å²) in [5, 5.41) is 4.08. The predicted octanol–water partition coefficient (Wildman–Crippen LogP) is 3.58. The summed E-state index contributed by atoms with van der Waals surface area (Å²) in [5.41, 5.74) is 3.95. The van der Waals surface area contributed by atoms with Crippen LogP contribution in [0.2, 0.25) is 0 Å². The van der Waals surface area contributed by atoms with Gasteiger partial charge >= 0.3 is 0 Å². The largest absolute Gasteiger partial charge is 0.340 e. The molecule has 2 aromatic rings. The molecule has 0 radical (unpaired) electrons. The van der Waals surface area contributed by atoms with Crippen molar-refractivity contribution in [3.05, 3.63) is 41.5 Å². The number of aliphatic imine (C=N–C) groups is 1. The minimum atomic E-state index is 0.125. The molecule has 3 heterocycles. The Bertz CT molecular complexity index is 756. The van der Waals surface area contributed by atoms with Crippen molar-refractivity contribution >= 4 is 11.4 Å². The fraction of sp³-hybridized carbons (Fsp3) is 0.500. The molecule has 2 aliphatic rings. The monoisotopic (exact) mass is 310 g/mol. The number of rotatable bonds is 2. The summed E-state index contributed by atoms with van der Waals surface area (Å²) in [5.74, 6) is 1.42. The molecule has 1 saturated heterocycles. The molecule has 1 unspecified atom stereocenters. The van der Waals surface area contributed by atoms with Gasteiger partial charge in [0.2, 0.25) is 5.89 Å². The van der Waals surface area contributed by atoms with E-state index in [9.17, 15) is 0 Å². The van der Waals surface area contributed by atoms with Gasteiger partial charge in [-0.15, -0.1) is 0 Å². The first-order chi connectivity index (χ1) is 11.1. The van der Waals surface area contributed by atoms with Crippen LogP contribution in [-0.4, -0.2) is 33.8 Å². The van der Waals surface area contributed by atoms with Crippen molar-refractivity contribution in [1.82, 2.24) is 15.0 Å². The van der Waals surface area contributed by atoms with Gasteiger partial charge in [-0.2, -0.15) is 4.98 Å². The van der Waals surface area contributed by atoms with E-state index in [1.807, 2.05) is 6.92 Å². The first-order valence-corrected chi connectivity index (χ1v) is 8.30. The zero-order chi connectivity index (χ0) is 16.0. The molecule has 0 aliphatic carbocycles. The SMILES string of the molecule is CC1=Nc2ccccc2C12CCN(C(C)c1noc(C)n1)CC2. The predicted molar refractivity (Wildman–Crippen MR) is 89.1 cm³/mol. The van der Waals surface area contributed by atoms with Crippen molar-refractivity contribution in [1.29, 1.82) is 0 Å². The standard InChI is InChI=1S/C18H22N4O/c1-12(17-20-14(3)23-21-17)22-10-8-18(9-11-22)13(2)19-16-7-5-4-6-15(16)18/h4-7,12H,8-11H2,1-3H3. The zero-order valence-corrected chi connectivity index (χ0v) is 13.9. The van der Waals surface area contributed by atoms with Gasteiger partial charge in [0.15, 0.2) is 5.82 Å². The maximum absolute atomic E-state index is 5.13. The van der Waals surface area contributed by atoms with Gasteiger partial charge in [-0.25, -0.2) is 0 Å². The van der Waals surface area contributed by atoms with Crippen molar-refractivity contribution < 1.29 is 4.52 Å². The van der Waals surface area contributed by atoms with Crippen molar-refractivity contribution in [3.8, 4) is 0 Å². The summed E-state index contributed by atoms with van der Waals surface area (Å²) in [6, 6.07) is 8.77. The lowest BCUT2D eigenvalue weighted by Gasteiger charge is -2.41. The van der Waals surface area contributed by atoms with E-state index < -0.39 is 0 Å². The van der Waals surface area contributed by atoms with Gasteiger partial charge in [0.05, 0.1) is 11.7 Å². The van der Waals surface area contributed by atoms with Gasteiger partial charge < -0.3 is 4.52 Å². The lowest BCUT2D eigenvalue weighted by Crippen LogP contribution is -2.46. The summed E-state index contributed by atoms with van der Waals surface area (Å²) in [6.45, 7) is 8.23. The van der Waals surface area contributed by atoms with Crippen LogP contribution in [0.25, 0.3) is 0 Å². The Morgan fingerprint density at radius 2 is 1.91 bits per heavy atom. The Balaban J connectivity index is 1.54. The summed E-state index contributed by atoms with van der Waals surface area (Å²) >= 11 is 0. The van der Waals surface area contributed by atoms with Crippen LogP contribution in [0.5, 0.6) is 0 Å². The van der Waals surface area contributed by atoms with Gasteiger partial charge in [-0.1, -0.05) is 23.4 Å². The Hall–Kier alpha value is -2.01. The normalized spacial score (nSPS) is 21.3. The fourth-order valence-electron chi connectivity index (χ4n) is 4.03. The Labute approximate surface area is 136 Å². The molecule has 1 atom stereocenters. The molecule has 2 aliphatic heterocycles. The minimum absolute atomic E-state index is 0.125. The van der Waals surface area contributed by atoms with Crippen LogP contribution in [0.3, 0.4) is 0 Å². The number of likely N-dealkylation sites (tertiary alicyclic amines) is 1. The Morgan fingerprint density at radius 3 is 2.61 bits per heavy atom. The van der Waals surface area contributed by atoms with Gasteiger partial charge in [0.1, 0.15) is 0 Å². The summed E-state index contributed by atoms with van der Waals surface area (Å²) in [6.07, 6.45) is 2.20. The van der Waals surface area contributed by atoms with E-state index in [-0.39, 0.29) is 11.5 Å². The van der Waals surface area contributed by atoms with Crippen LogP contribution in [0, 0.1) is 6.92 Å². The summed E-state index contributed by atoms with van der Waals surface area (Å²) in [4.78, 5) is 11.6. The van der Waals surface area contributed by atoms with Crippen molar-refractivity contribution in [3.63, 3.8) is 0 Å². The molecular weight excluding hydrogens is 288 g/mol. The fourth-order valence-corrected chi connectivity index (χ4v) is 4.03. The Morgan fingerprint density at radius 1 is 1.17 bits per heavy atom. The lowest BCUT2D eigenvalue weighted by molar-refractivity contribution is 0.140. The van der Waals surface area contributed by atoms with E-state index in [2.05, 4.69) is 53.2 Å². The molecule has 1 spiro atoms. The highest BCUT2D eigenvalue weighted by Gasteiger charge is 2.44. The van der Waals surface area contributed by atoms with Crippen LogP contribution < -0.4 is 0 Å². The van der Waals surface area contributed by atoms with Crippen molar-refractivity contribution in [2.24, 2.45) is 4.99 Å². The number of benzene rings is 1. The molecular formula is C18H22N4O. The average molecular weight is 310 g/mol. The first-order valence-electron chi connectivity index (χ1n) is 8.30. The Kier molecular flexibility index (Phi) is 3.34. The number of nitrogens with zero attached hydrogens (tertiary/aromatic N) is 4. The topological polar surface area (TPSA) is 54.5 Å². The minimum Gasteiger partial charge on any atom is -0.340 e. The second-order valence-electron chi connectivity index (χ2n) is 6.68. The number of piperidine rings is 1. The number of hydrogen-bond donors (Lipinski definition) is 0. The van der Waals surface area contributed by atoms with E-state index in [4.69, 9.17) is 9.52 Å². The quantitative estimate of drug-likeness (QED) is 0.851. The van der Waals surface area contributed by atoms with E-state index >= 15 is 0 Å². The number of para-hydroxylation sites is 1. The highest BCUT2D eigenvalue weighted by molar-refractivity contribution is 6.00. The highest BCUT2D eigenvalue weighted by atomic mass is 16.5. The molecule has 0 bridgehead atoms. The smallest absolute Gasteiger partial charge is 0.223 e. The van der Waals surface area contributed by atoms with Crippen LogP contribution in [-0.2, 0) is 5.41 Å². The van der Waals surface area contributed by atoms with E-state index in [0.717, 1.165) is 37.4 Å². The van der Waals surface area contributed by atoms with Crippen molar-refractivity contribution in [2.75, 3.05) is 13.1 Å². The van der Waals surface area contributed by atoms with Crippen LogP contribution in [0.1, 0.15) is 50.0 Å². The van der Waals surface area contributed by atoms with Gasteiger partial charge in [0, 0.05) is 31.1 Å². The second kappa shape index (κ2) is 5.27. The molecule has 120 valence electrons. The highest BCUT2D eigenvalue weighted by Crippen LogP contribution is 2.47. The van der Waals surface area contributed by atoms with Crippen LogP contribution in [0.4, 0.5) is 5.69 Å². The molecule has 5 heteroatoms. The van der Waals surface area contributed by atoms with Crippen LogP contribution in [0.15, 0.2) is 33.8 Å². The maximum Gasteiger partial charge on any atom is 0.223 e. The van der Waals surface area contributed by atoms with E-state index in [1.165, 1.54) is 11.3 Å². The third-order valence-electron chi connectivity index (χ3n) is 5.52. The third kappa shape index (κ3) is 2.22. The average Bonchev–Trinajstić information content (AvgIpc) is 3.11. The van der Waals surface area contributed by atoms with Gasteiger partial charge in [-0.05, 0) is 38.3 Å². The molecule has 4 rings (SSSR count). The van der Waals surface area contributed by atoms with Gasteiger partial charge in [0.25, 0.3) is 0 Å². The molecule has 1 aromatic carbocycles. The molecule has 23 heavy (non-hydrogen) atoms. The first kappa shape index (κ1) is 14.6. The zero-order valence-electron chi connectivity index (χ0n) is 13.9. The molecule has 0 saturated carbocycles. The molecule has 0 N–H and O–H groups in total. The van der Waals surface area contributed by atoms with Crippen molar-refractivity contribution in [2.45, 2.75) is 45.1 Å². The molecule has 0 amide bonds. The summed E-state index contributed by atoms with van der Waals surface area (Å²) < 4.78 is 5.13. The number of aryl methyl sites for hydroxylation is 1. The number of hydrogen-bond acceptors (Lipinski definition) is 5. The third-order valence-corrected chi connectivity index (χ3v) is 5.52. The number of fused-ring (bicyclic) bond motifs is 2. The van der Waals surface area contributed by atoms with E-state index in [0.29, 0.717) is 5.89 Å². The maximum atomic E-state index is 5.13. The molecule has 1 aromatic heterocycles.